The van der Waals surface area contributed by atoms with Crippen molar-refractivity contribution in [1.82, 2.24) is 15.2 Å². The molecular weight excluding hydrogens is 377 g/mol. The van der Waals surface area contributed by atoms with Crippen molar-refractivity contribution in [1.29, 1.82) is 0 Å². The Morgan fingerprint density at radius 1 is 1.00 bits per heavy atom. The summed E-state index contributed by atoms with van der Waals surface area (Å²) in [5.41, 5.74) is 0.260. The summed E-state index contributed by atoms with van der Waals surface area (Å²) in [6.45, 7) is -0.207. The highest BCUT2D eigenvalue weighted by Crippen LogP contribution is 2.27. The predicted molar refractivity (Wildman–Crippen MR) is 87.6 cm³/mol. The van der Waals surface area contributed by atoms with Gasteiger partial charge < -0.3 is 4.84 Å². The van der Waals surface area contributed by atoms with Crippen LogP contribution >= 0.6 is 23.2 Å². The Balaban J connectivity index is 1.90. The monoisotopic (exact) mass is 383 g/mol. The van der Waals surface area contributed by atoms with Crippen LogP contribution in [0.15, 0.2) is 30.3 Å². The Morgan fingerprint density at radius 3 is 2.20 bits per heavy atom. The third kappa shape index (κ3) is 3.44. The van der Waals surface area contributed by atoms with Crippen LogP contribution in [0, 0.1) is 20.2 Å². The molecule has 0 spiro atoms. The van der Waals surface area contributed by atoms with Gasteiger partial charge in [-0.05, 0) is 17.3 Å². The highest BCUT2D eigenvalue weighted by Gasteiger charge is 2.17. The number of hydrogen-bond donors (Lipinski definition) is 0. The van der Waals surface area contributed by atoms with Gasteiger partial charge in [0, 0.05) is 17.7 Å². The summed E-state index contributed by atoms with van der Waals surface area (Å²) in [6.07, 6.45) is 0. The van der Waals surface area contributed by atoms with Crippen LogP contribution in [0.2, 0.25) is 10.0 Å². The quantitative estimate of drug-likeness (QED) is 0.488. The van der Waals surface area contributed by atoms with E-state index < -0.39 is 21.2 Å². The molecule has 1 heterocycles. The second-order valence-corrected chi connectivity index (χ2v) is 5.68. The SMILES string of the molecule is O=[N+]([O-])c1cc(COn2nnc3cc(Cl)c(Cl)cc32)cc([N+](=O)[O-])c1. The van der Waals surface area contributed by atoms with Crippen molar-refractivity contribution in [3.05, 3.63) is 66.2 Å². The van der Waals surface area contributed by atoms with Gasteiger partial charge in [-0.25, -0.2) is 0 Å². The number of nitro groups is 2. The molecule has 0 aliphatic heterocycles. The van der Waals surface area contributed by atoms with Crippen LogP contribution in [0.4, 0.5) is 11.4 Å². The summed E-state index contributed by atoms with van der Waals surface area (Å²) in [5.74, 6) is 0. The van der Waals surface area contributed by atoms with Crippen LogP contribution in [0.5, 0.6) is 0 Å². The van der Waals surface area contributed by atoms with E-state index in [0.29, 0.717) is 16.1 Å². The van der Waals surface area contributed by atoms with E-state index in [0.717, 1.165) is 10.9 Å². The van der Waals surface area contributed by atoms with Crippen LogP contribution in [0.1, 0.15) is 5.56 Å². The Hall–Kier alpha value is -2.98. The summed E-state index contributed by atoms with van der Waals surface area (Å²) in [7, 11) is 0. The Morgan fingerprint density at radius 2 is 1.60 bits per heavy atom. The molecule has 0 atom stereocenters. The van der Waals surface area contributed by atoms with Gasteiger partial charge in [-0.15, -0.1) is 5.10 Å². The number of benzene rings is 2. The van der Waals surface area contributed by atoms with Crippen LogP contribution in [0.3, 0.4) is 0 Å². The largest absolute Gasteiger partial charge is 0.390 e. The van der Waals surface area contributed by atoms with Gasteiger partial charge in [-0.1, -0.05) is 28.0 Å². The molecule has 12 heteroatoms. The third-order valence-electron chi connectivity index (χ3n) is 3.19. The van der Waals surface area contributed by atoms with Gasteiger partial charge in [0.1, 0.15) is 17.6 Å². The van der Waals surface area contributed by atoms with E-state index in [9.17, 15) is 20.2 Å². The maximum absolute atomic E-state index is 10.9. The van der Waals surface area contributed by atoms with Crippen molar-refractivity contribution in [2.45, 2.75) is 6.61 Å². The first kappa shape index (κ1) is 16.9. The molecule has 2 aromatic carbocycles. The lowest BCUT2D eigenvalue weighted by Gasteiger charge is -2.06. The van der Waals surface area contributed by atoms with E-state index in [1.807, 2.05) is 0 Å². The van der Waals surface area contributed by atoms with Crippen molar-refractivity contribution in [2.75, 3.05) is 0 Å². The topological polar surface area (TPSA) is 126 Å². The number of hydrogen-bond acceptors (Lipinski definition) is 7. The summed E-state index contributed by atoms with van der Waals surface area (Å²) in [5, 5.41) is 30.0. The number of non-ortho nitro benzene ring substituents is 2. The molecule has 128 valence electrons. The van der Waals surface area contributed by atoms with Crippen LogP contribution in [-0.2, 0) is 6.61 Å². The minimum Gasteiger partial charge on any atom is -0.390 e. The molecule has 10 nitrogen and oxygen atoms in total. The molecule has 0 unspecified atom stereocenters. The van der Waals surface area contributed by atoms with Gasteiger partial charge in [0.2, 0.25) is 0 Å². The number of fused-ring (bicyclic) bond motifs is 1. The fourth-order valence-corrected chi connectivity index (χ4v) is 2.39. The molecule has 0 aliphatic rings. The van der Waals surface area contributed by atoms with Crippen molar-refractivity contribution in [3.8, 4) is 0 Å². The average Bonchev–Trinajstić information content (AvgIpc) is 2.95. The van der Waals surface area contributed by atoms with Gasteiger partial charge in [0.05, 0.1) is 26.0 Å². The van der Waals surface area contributed by atoms with Gasteiger partial charge in [0.15, 0.2) is 0 Å². The summed E-state index contributed by atoms with van der Waals surface area (Å²) in [4.78, 5) is 26.8. The summed E-state index contributed by atoms with van der Waals surface area (Å²) < 4.78 is 0. The van der Waals surface area contributed by atoms with E-state index >= 15 is 0 Å². The standard InChI is InChI=1S/C13H7Cl2N5O5/c14-10-4-12-13(5-11(10)15)18(17-16-12)25-6-7-1-8(19(21)22)3-9(2-7)20(23)24/h1-5H,6H2. The van der Waals surface area contributed by atoms with Gasteiger partial charge in [-0.3, -0.25) is 20.2 Å². The molecule has 0 saturated carbocycles. The average molecular weight is 384 g/mol. The fraction of sp³-hybridized carbons (Fsp3) is 0.0769. The lowest BCUT2D eigenvalue weighted by molar-refractivity contribution is -0.394. The summed E-state index contributed by atoms with van der Waals surface area (Å²) >= 11 is 11.8. The second kappa shape index (κ2) is 6.49. The second-order valence-electron chi connectivity index (χ2n) is 4.86. The molecule has 3 rings (SSSR count). The molecule has 1 aromatic heterocycles. The zero-order valence-electron chi connectivity index (χ0n) is 12.1. The molecule has 0 radical (unpaired) electrons. The molecule has 0 saturated heterocycles. The Bertz CT molecular complexity index is 974. The van der Waals surface area contributed by atoms with E-state index in [1.165, 1.54) is 24.3 Å². The first-order chi connectivity index (χ1) is 11.8. The number of halogens is 2. The van der Waals surface area contributed by atoms with Gasteiger partial charge in [0.25, 0.3) is 11.4 Å². The Kier molecular flexibility index (Phi) is 4.38. The van der Waals surface area contributed by atoms with E-state index in [2.05, 4.69) is 10.3 Å². The zero-order chi connectivity index (χ0) is 18.1. The smallest absolute Gasteiger partial charge is 0.276 e. The lowest BCUT2D eigenvalue weighted by Crippen LogP contribution is -2.13. The number of aromatic nitrogens is 3. The van der Waals surface area contributed by atoms with Crippen molar-refractivity contribution >= 4 is 45.6 Å². The third-order valence-corrected chi connectivity index (χ3v) is 3.92. The molecule has 0 bridgehead atoms. The first-order valence-corrected chi connectivity index (χ1v) is 7.37. The van der Waals surface area contributed by atoms with E-state index in [1.54, 1.807) is 0 Å². The fourth-order valence-electron chi connectivity index (χ4n) is 2.08. The summed E-state index contributed by atoms with van der Waals surface area (Å²) in [6, 6.07) is 6.22. The molecule has 0 amide bonds. The minimum atomic E-state index is -0.719. The van der Waals surface area contributed by atoms with Crippen LogP contribution < -0.4 is 4.84 Å². The number of rotatable bonds is 5. The van der Waals surface area contributed by atoms with E-state index in [4.69, 9.17) is 28.0 Å². The highest BCUT2D eigenvalue weighted by atomic mass is 35.5. The van der Waals surface area contributed by atoms with Crippen LogP contribution in [-0.4, -0.2) is 25.0 Å². The van der Waals surface area contributed by atoms with E-state index in [-0.39, 0.29) is 17.2 Å². The maximum atomic E-state index is 10.9. The minimum absolute atomic E-state index is 0.207. The normalized spacial score (nSPS) is 10.8. The Labute approximate surface area is 148 Å². The molecule has 25 heavy (non-hydrogen) atoms. The molecular formula is C13H7Cl2N5O5. The number of nitro benzene ring substituents is 2. The zero-order valence-corrected chi connectivity index (χ0v) is 13.6. The molecule has 0 fully saturated rings. The lowest BCUT2D eigenvalue weighted by atomic mass is 10.2. The predicted octanol–water partition coefficient (Wildman–Crippen LogP) is 3.18. The molecule has 0 N–H and O–H groups in total. The number of nitrogens with zero attached hydrogens (tertiary/aromatic N) is 5. The van der Waals surface area contributed by atoms with Crippen LogP contribution in [0.25, 0.3) is 11.0 Å². The molecule has 3 aromatic rings. The van der Waals surface area contributed by atoms with Gasteiger partial charge in [-0.2, -0.15) is 0 Å². The van der Waals surface area contributed by atoms with Crippen molar-refractivity contribution in [2.24, 2.45) is 0 Å². The van der Waals surface area contributed by atoms with Crippen molar-refractivity contribution in [3.63, 3.8) is 0 Å². The first-order valence-electron chi connectivity index (χ1n) is 6.61. The van der Waals surface area contributed by atoms with Crippen molar-refractivity contribution < 1.29 is 14.7 Å². The van der Waals surface area contributed by atoms with Gasteiger partial charge >= 0.3 is 0 Å². The highest BCUT2D eigenvalue weighted by molar-refractivity contribution is 6.42. The molecule has 0 aliphatic carbocycles. The maximum Gasteiger partial charge on any atom is 0.276 e.